The maximum absolute atomic E-state index is 10.1. The van der Waals surface area contributed by atoms with Gasteiger partial charge in [0.25, 0.3) is 0 Å². The zero-order valence-electron chi connectivity index (χ0n) is 12.0. The Morgan fingerprint density at radius 3 is 2.37 bits per heavy atom. The molecule has 0 aliphatic rings. The molecule has 0 amide bonds. The van der Waals surface area contributed by atoms with Crippen molar-refractivity contribution in [2.45, 2.75) is 39.6 Å². The summed E-state index contributed by atoms with van der Waals surface area (Å²) in [6.07, 6.45) is -0.347. The minimum Gasteiger partial charge on any atom is -0.495 e. The van der Waals surface area contributed by atoms with Crippen LogP contribution in [0.25, 0.3) is 0 Å². The molecule has 1 atom stereocenters. The largest absolute Gasteiger partial charge is 0.495 e. The van der Waals surface area contributed by atoms with E-state index in [1.54, 1.807) is 21.0 Å². The SMILES string of the molecule is CCOC(C)Oc1cc(C(C)(C)O)cc(OC)c1I. The number of aliphatic hydroxyl groups is 1. The summed E-state index contributed by atoms with van der Waals surface area (Å²) in [4.78, 5) is 0. The van der Waals surface area contributed by atoms with Crippen molar-refractivity contribution in [2.75, 3.05) is 13.7 Å². The molecule has 0 spiro atoms. The third kappa shape index (κ3) is 4.50. The van der Waals surface area contributed by atoms with Gasteiger partial charge in [-0.25, -0.2) is 0 Å². The van der Waals surface area contributed by atoms with Crippen LogP contribution in [0.15, 0.2) is 12.1 Å². The van der Waals surface area contributed by atoms with Crippen LogP contribution in [0.1, 0.15) is 33.3 Å². The summed E-state index contributed by atoms with van der Waals surface area (Å²) in [6, 6.07) is 3.64. The van der Waals surface area contributed by atoms with Gasteiger partial charge in [-0.15, -0.1) is 0 Å². The van der Waals surface area contributed by atoms with Gasteiger partial charge < -0.3 is 19.3 Å². The summed E-state index contributed by atoms with van der Waals surface area (Å²) in [5, 5.41) is 10.1. The molecule has 0 saturated heterocycles. The number of hydrogen-bond donors (Lipinski definition) is 1. The third-order valence-corrected chi connectivity index (χ3v) is 3.69. The van der Waals surface area contributed by atoms with Crippen LogP contribution in [0, 0.1) is 3.57 Å². The Kier molecular flexibility index (Phi) is 5.88. The second kappa shape index (κ2) is 6.76. The van der Waals surface area contributed by atoms with Gasteiger partial charge in [-0.1, -0.05) is 0 Å². The molecule has 4 nitrogen and oxygen atoms in total. The summed E-state index contributed by atoms with van der Waals surface area (Å²) in [5.74, 6) is 1.33. The molecule has 19 heavy (non-hydrogen) atoms. The quantitative estimate of drug-likeness (QED) is 0.608. The number of halogens is 1. The van der Waals surface area contributed by atoms with E-state index in [0.29, 0.717) is 18.1 Å². The maximum Gasteiger partial charge on any atom is 0.197 e. The van der Waals surface area contributed by atoms with Crippen LogP contribution >= 0.6 is 22.6 Å². The number of benzene rings is 1. The lowest BCUT2D eigenvalue weighted by atomic mass is 9.98. The van der Waals surface area contributed by atoms with Crippen molar-refractivity contribution >= 4 is 22.6 Å². The van der Waals surface area contributed by atoms with Gasteiger partial charge >= 0.3 is 0 Å². The maximum atomic E-state index is 10.1. The third-order valence-electron chi connectivity index (χ3n) is 2.63. The molecule has 0 radical (unpaired) electrons. The molecule has 5 heteroatoms. The van der Waals surface area contributed by atoms with E-state index >= 15 is 0 Å². The monoisotopic (exact) mass is 380 g/mol. The minimum atomic E-state index is -0.954. The van der Waals surface area contributed by atoms with E-state index in [-0.39, 0.29) is 6.29 Å². The van der Waals surface area contributed by atoms with Crippen LogP contribution < -0.4 is 9.47 Å². The van der Waals surface area contributed by atoms with Crippen LogP contribution in [0.5, 0.6) is 11.5 Å². The fourth-order valence-electron chi connectivity index (χ4n) is 1.61. The minimum absolute atomic E-state index is 0.347. The fourth-order valence-corrected chi connectivity index (χ4v) is 2.27. The van der Waals surface area contributed by atoms with Crippen molar-refractivity contribution in [2.24, 2.45) is 0 Å². The first-order chi connectivity index (χ1) is 8.79. The standard InChI is InChI=1S/C14H21IO4/c1-6-18-9(2)19-12-8-10(14(3,4)16)7-11(17-5)13(12)15/h7-9,16H,6H2,1-5H3. The molecule has 1 N–H and O–H groups in total. The van der Waals surface area contributed by atoms with E-state index < -0.39 is 5.60 Å². The Morgan fingerprint density at radius 2 is 1.89 bits per heavy atom. The predicted octanol–water partition coefficient (Wildman–Crippen LogP) is 3.29. The summed E-state index contributed by atoms with van der Waals surface area (Å²) < 4.78 is 17.3. The Balaban J connectivity index is 3.15. The molecular weight excluding hydrogens is 359 g/mol. The van der Waals surface area contributed by atoms with Gasteiger partial charge in [0.2, 0.25) is 0 Å². The zero-order valence-corrected chi connectivity index (χ0v) is 14.1. The molecule has 0 fully saturated rings. The predicted molar refractivity (Wildman–Crippen MR) is 82.7 cm³/mol. The lowest BCUT2D eigenvalue weighted by molar-refractivity contribution is -0.0620. The second-order valence-electron chi connectivity index (χ2n) is 4.69. The van der Waals surface area contributed by atoms with Gasteiger partial charge in [0, 0.05) is 6.61 Å². The zero-order chi connectivity index (χ0) is 14.6. The number of ether oxygens (including phenoxy) is 3. The molecule has 1 unspecified atom stereocenters. The fraction of sp³-hybridized carbons (Fsp3) is 0.571. The first-order valence-electron chi connectivity index (χ1n) is 6.18. The highest BCUT2D eigenvalue weighted by Gasteiger charge is 2.21. The highest BCUT2D eigenvalue weighted by molar-refractivity contribution is 14.1. The van der Waals surface area contributed by atoms with Crippen molar-refractivity contribution in [1.82, 2.24) is 0 Å². The first-order valence-corrected chi connectivity index (χ1v) is 7.26. The molecule has 1 aromatic carbocycles. The van der Waals surface area contributed by atoms with Crippen molar-refractivity contribution in [3.63, 3.8) is 0 Å². The number of rotatable bonds is 6. The molecule has 0 heterocycles. The van der Waals surface area contributed by atoms with Crippen LogP contribution in [0.2, 0.25) is 0 Å². The van der Waals surface area contributed by atoms with E-state index in [1.807, 2.05) is 26.0 Å². The van der Waals surface area contributed by atoms with Crippen LogP contribution in [-0.2, 0) is 10.3 Å². The van der Waals surface area contributed by atoms with Gasteiger partial charge in [-0.2, -0.15) is 0 Å². The highest BCUT2D eigenvalue weighted by Crippen LogP contribution is 2.36. The van der Waals surface area contributed by atoms with Gasteiger partial charge in [-0.3, -0.25) is 0 Å². The summed E-state index contributed by atoms with van der Waals surface area (Å²) in [5.41, 5.74) is -0.214. The molecule has 0 aliphatic heterocycles. The highest BCUT2D eigenvalue weighted by atomic mass is 127. The second-order valence-corrected chi connectivity index (χ2v) is 5.77. The van der Waals surface area contributed by atoms with Crippen molar-refractivity contribution in [1.29, 1.82) is 0 Å². The molecular formula is C14H21IO4. The van der Waals surface area contributed by atoms with Gasteiger partial charge in [-0.05, 0) is 68.0 Å². The van der Waals surface area contributed by atoms with Crippen molar-refractivity contribution < 1.29 is 19.3 Å². The summed E-state index contributed by atoms with van der Waals surface area (Å²) >= 11 is 2.16. The average molecular weight is 380 g/mol. The number of hydrogen-bond acceptors (Lipinski definition) is 4. The Bertz CT molecular complexity index is 426. The van der Waals surface area contributed by atoms with E-state index in [9.17, 15) is 5.11 Å². The molecule has 0 aliphatic carbocycles. The lowest BCUT2D eigenvalue weighted by Crippen LogP contribution is -2.19. The van der Waals surface area contributed by atoms with E-state index in [4.69, 9.17) is 14.2 Å². The van der Waals surface area contributed by atoms with Gasteiger partial charge in [0.05, 0.1) is 16.3 Å². The molecule has 108 valence electrons. The van der Waals surface area contributed by atoms with E-state index in [0.717, 1.165) is 9.13 Å². The Labute approximate surface area is 128 Å². The van der Waals surface area contributed by atoms with Gasteiger partial charge in [0.15, 0.2) is 6.29 Å². The van der Waals surface area contributed by atoms with Crippen LogP contribution in [-0.4, -0.2) is 25.1 Å². The summed E-state index contributed by atoms with van der Waals surface area (Å²) in [7, 11) is 1.60. The molecule has 0 saturated carbocycles. The van der Waals surface area contributed by atoms with Crippen molar-refractivity contribution in [3.8, 4) is 11.5 Å². The molecule has 1 aromatic rings. The van der Waals surface area contributed by atoms with E-state index in [1.165, 1.54) is 0 Å². The average Bonchev–Trinajstić information content (AvgIpc) is 2.30. The van der Waals surface area contributed by atoms with E-state index in [2.05, 4.69) is 22.6 Å². The van der Waals surface area contributed by atoms with Crippen LogP contribution in [0.3, 0.4) is 0 Å². The first kappa shape index (κ1) is 16.5. The van der Waals surface area contributed by atoms with Gasteiger partial charge in [0.1, 0.15) is 11.5 Å². The molecule has 0 bridgehead atoms. The van der Waals surface area contributed by atoms with Crippen molar-refractivity contribution in [3.05, 3.63) is 21.3 Å². The summed E-state index contributed by atoms with van der Waals surface area (Å²) in [6.45, 7) is 7.79. The smallest absolute Gasteiger partial charge is 0.197 e. The molecule has 0 aromatic heterocycles. The van der Waals surface area contributed by atoms with Crippen LogP contribution in [0.4, 0.5) is 0 Å². The normalized spacial score (nSPS) is 13.2. The molecule has 1 rings (SSSR count). The Morgan fingerprint density at radius 1 is 1.32 bits per heavy atom. The lowest BCUT2D eigenvalue weighted by Gasteiger charge is -2.22. The topological polar surface area (TPSA) is 47.9 Å². The Hall–Kier alpha value is -0.530. The number of methoxy groups -OCH3 is 1.